The van der Waals surface area contributed by atoms with Crippen molar-refractivity contribution in [3.05, 3.63) is 83.3 Å². The van der Waals surface area contributed by atoms with E-state index in [1.54, 1.807) is 26.1 Å². The van der Waals surface area contributed by atoms with E-state index in [1.165, 1.54) is 28.9 Å². The van der Waals surface area contributed by atoms with Crippen LogP contribution in [-0.2, 0) is 23.1 Å². The number of nitrogens with zero attached hydrogens (tertiary/aromatic N) is 4. The molecule has 0 aliphatic carbocycles. The van der Waals surface area contributed by atoms with Crippen LogP contribution in [0.5, 0.6) is 0 Å². The summed E-state index contributed by atoms with van der Waals surface area (Å²) in [4.78, 5) is 25.3. The number of halogens is 2. The molecule has 0 saturated heterocycles. The van der Waals surface area contributed by atoms with E-state index in [4.69, 9.17) is 10.1 Å². The number of amidine groups is 1. The normalized spacial score (nSPS) is 21.0. The van der Waals surface area contributed by atoms with Gasteiger partial charge in [-0.15, -0.1) is 0 Å². The van der Waals surface area contributed by atoms with Crippen molar-refractivity contribution in [3.63, 3.8) is 0 Å². The molecule has 5 rings (SSSR count). The maximum Gasteiger partial charge on any atom is 0.306 e. The minimum Gasteiger partial charge on any atom is -0.481 e. The highest BCUT2D eigenvalue weighted by atomic mass is 32.2. The minimum absolute atomic E-state index is 0.0163. The van der Waals surface area contributed by atoms with Crippen LogP contribution in [0.25, 0.3) is 10.9 Å². The molecule has 2 bridgehead atoms. The molecule has 1 aliphatic heterocycles. The number of hydrazone groups is 1. The molecule has 0 amide bonds. The largest absolute Gasteiger partial charge is 0.481 e. The third kappa shape index (κ3) is 7.94. The third-order valence-electron chi connectivity index (χ3n) is 9.07. The predicted molar refractivity (Wildman–Crippen MR) is 195 cm³/mol. The summed E-state index contributed by atoms with van der Waals surface area (Å²) in [6.45, 7) is 12.1. The maximum absolute atomic E-state index is 15.7. The summed E-state index contributed by atoms with van der Waals surface area (Å²) < 4.78 is 31.1. The fraction of sp³-hybridized carbons (Fsp3) is 0.405. The van der Waals surface area contributed by atoms with Crippen molar-refractivity contribution < 1.29 is 18.7 Å². The summed E-state index contributed by atoms with van der Waals surface area (Å²) in [5, 5.41) is 16.8. The van der Waals surface area contributed by atoms with Crippen molar-refractivity contribution in [1.29, 1.82) is 0 Å². The average Bonchev–Trinajstić information content (AvgIpc) is 3.51. The number of aromatic nitrogens is 2. The molecule has 2 aromatic carbocycles. The van der Waals surface area contributed by atoms with Crippen LogP contribution in [0, 0.1) is 23.0 Å². The van der Waals surface area contributed by atoms with Crippen LogP contribution in [-0.4, -0.2) is 52.2 Å². The van der Waals surface area contributed by atoms with Crippen LogP contribution < -0.4 is 5.01 Å². The molecule has 4 aromatic rings. The number of aromatic amines is 1. The Labute approximate surface area is 289 Å². The molecule has 0 spiro atoms. The second-order valence-corrected chi connectivity index (χ2v) is 15.7. The van der Waals surface area contributed by atoms with Gasteiger partial charge in [-0.25, -0.2) is 13.8 Å². The molecular formula is C37H43F2N5O2S2. The van der Waals surface area contributed by atoms with Gasteiger partial charge in [0, 0.05) is 41.2 Å². The summed E-state index contributed by atoms with van der Waals surface area (Å²) in [5.74, 6) is -0.132. The number of carbonyl (C=O) groups is 1. The number of H-pyrrole nitrogens is 1. The van der Waals surface area contributed by atoms with Crippen LogP contribution in [0.3, 0.4) is 0 Å². The van der Waals surface area contributed by atoms with Gasteiger partial charge in [0.25, 0.3) is 0 Å². The Bertz CT molecular complexity index is 1840. The number of pyridine rings is 1. The number of nitrogens with one attached hydrogen (secondary N) is 1. The smallest absolute Gasteiger partial charge is 0.306 e. The highest BCUT2D eigenvalue weighted by molar-refractivity contribution is 7.99. The summed E-state index contributed by atoms with van der Waals surface area (Å²) in [7, 11) is 1.66. The summed E-state index contributed by atoms with van der Waals surface area (Å²) in [6.07, 6.45) is 5.22. The van der Waals surface area contributed by atoms with E-state index in [2.05, 4.69) is 30.5 Å². The maximum atomic E-state index is 15.7. The molecule has 7 nitrogen and oxygen atoms in total. The molecule has 11 heteroatoms. The SMILES string of the molecule is C=N/C1=N\N(C)c2cc(ccc2F)Sc2c(F)cc3[nH]ccc3c2CCSCC(C)(C)CCCC1(C)c1cccc(CC(C)C(=O)O)n1. The molecule has 1 aliphatic rings. The second-order valence-electron chi connectivity index (χ2n) is 13.5. The van der Waals surface area contributed by atoms with Crippen LogP contribution >= 0.6 is 23.5 Å². The molecule has 2 atom stereocenters. The fourth-order valence-corrected chi connectivity index (χ4v) is 8.41. The van der Waals surface area contributed by atoms with Gasteiger partial charge in [-0.05, 0) is 97.9 Å². The molecule has 3 heterocycles. The lowest BCUT2D eigenvalue weighted by molar-refractivity contribution is -0.141. The number of hydrogen-bond acceptors (Lipinski definition) is 7. The van der Waals surface area contributed by atoms with E-state index < -0.39 is 23.1 Å². The number of aryl methyl sites for hydroxylation is 1. The van der Waals surface area contributed by atoms with Gasteiger partial charge in [-0.2, -0.15) is 16.9 Å². The zero-order valence-electron chi connectivity index (χ0n) is 28.1. The van der Waals surface area contributed by atoms with E-state index >= 15 is 8.78 Å². The highest BCUT2D eigenvalue weighted by Crippen LogP contribution is 2.41. The zero-order valence-corrected chi connectivity index (χ0v) is 29.8. The average molecular weight is 692 g/mol. The molecule has 0 fully saturated rings. The van der Waals surface area contributed by atoms with Gasteiger partial charge >= 0.3 is 5.97 Å². The van der Waals surface area contributed by atoms with Gasteiger partial charge in [0.15, 0.2) is 5.84 Å². The summed E-state index contributed by atoms with van der Waals surface area (Å²) in [6, 6.07) is 13.9. The Morgan fingerprint density at radius 3 is 2.69 bits per heavy atom. The molecule has 254 valence electrons. The second kappa shape index (κ2) is 14.8. The molecule has 2 N–H and O–H groups in total. The Kier molecular flexibility index (Phi) is 11.0. The number of thioether (sulfide) groups is 1. The first-order valence-electron chi connectivity index (χ1n) is 16.1. The lowest BCUT2D eigenvalue weighted by atomic mass is 9.77. The van der Waals surface area contributed by atoms with E-state index in [-0.39, 0.29) is 23.3 Å². The van der Waals surface area contributed by atoms with E-state index in [0.29, 0.717) is 39.9 Å². The first-order valence-corrected chi connectivity index (χ1v) is 18.1. The van der Waals surface area contributed by atoms with Crippen LogP contribution in [0.1, 0.15) is 63.9 Å². The topological polar surface area (TPSA) is 93.9 Å². The van der Waals surface area contributed by atoms with Crippen LogP contribution in [0.15, 0.2) is 74.6 Å². The number of rotatable bonds is 4. The molecule has 2 aromatic heterocycles. The number of aliphatic imine (C=N–C) groups is 1. The number of hydrogen-bond donors (Lipinski definition) is 2. The van der Waals surface area contributed by atoms with Gasteiger partial charge in [-0.3, -0.25) is 14.8 Å². The first-order chi connectivity index (χ1) is 22.8. The lowest BCUT2D eigenvalue weighted by Crippen LogP contribution is -2.35. The van der Waals surface area contributed by atoms with Crippen molar-refractivity contribution >= 4 is 58.6 Å². The zero-order chi connectivity index (χ0) is 34.6. The van der Waals surface area contributed by atoms with Crippen molar-refractivity contribution in [2.45, 2.75) is 75.0 Å². The van der Waals surface area contributed by atoms with E-state index in [9.17, 15) is 9.90 Å². The standard InChI is InChI=1S/C37H43F2N5O2S2/c1-23(34(45)46)19-24-9-7-10-32(42-24)37(4)16-8-15-36(2,3)22-47-18-14-27-26-13-17-41-30(26)21-29(39)33(27)48-25-11-12-28(38)31(20-25)44(6)43-35(37)40-5/h7,9-13,17,20-21,23,41H,5,8,14-16,18-19,22H2,1-4,6H3,(H,45,46)/b43-35-. The molecule has 2 unspecified atom stereocenters. The van der Waals surface area contributed by atoms with Crippen molar-refractivity contribution in [1.82, 2.24) is 9.97 Å². The highest BCUT2D eigenvalue weighted by Gasteiger charge is 2.36. The Morgan fingerprint density at radius 2 is 1.94 bits per heavy atom. The number of fused-ring (bicyclic) bond motifs is 5. The monoisotopic (exact) mass is 691 g/mol. The number of benzene rings is 2. The Balaban J connectivity index is 1.60. The van der Waals surface area contributed by atoms with Crippen LogP contribution in [0.2, 0.25) is 0 Å². The minimum atomic E-state index is -0.882. The van der Waals surface area contributed by atoms with Gasteiger partial charge in [0.1, 0.15) is 11.6 Å². The first kappa shape index (κ1) is 35.6. The number of aliphatic carboxylic acids is 1. The van der Waals surface area contributed by atoms with Gasteiger partial charge < -0.3 is 10.1 Å². The van der Waals surface area contributed by atoms with Gasteiger partial charge in [0.2, 0.25) is 0 Å². The Hall–Kier alpha value is -3.70. The Morgan fingerprint density at radius 1 is 1.15 bits per heavy atom. The molecule has 0 saturated carbocycles. The number of carboxylic acids is 1. The molecule has 48 heavy (non-hydrogen) atoms. The van der Waals surface area contributed by atoms with Gasteiger partial charge in [-0.1, -0.05) is 45.0 Å². The van der Waals surface area contributed by atoms with Gasteiger partial charge in [0.05, 0.1) is 27.6 Å². The number of anilines is 1. The van der Waals surface area contributed by atoms with Crippen LogP contribution in [0.4, 0.5) is 14.5 Å². The van der Waals surface area contributed by atoms with Crippen molar-refractivity contribution in [2.75, 3.05) is 23.6 Å². The van der Waals surface area contributed by atoms with Crippen molar-refractivity contribution in [3.8, 4) is 0 Å². The summed E-state index contributed by atoms with van der Waals surface area (Å²) in [5.41, 5.74) is 2.49. The third-order valence-corrected chi connectivity index (χ3v) is 11.7. The number of carboxylic acid groups (broad SMARTS) is 1. The lowest BCUT2D eigenvalue weighted by Gasteiger charge is -2.32. The van der Waals surface area contributed by atoms with E-state index in [1.807, 2.05) is 49.1 Å². The fourth-order valence-electron chi connectivity index (χ4n) is 6.19. The van der Waals surface area contributed by atoms with Crippen molar-refractivity contribution in [2.24, 2.45) is 21.4 Å². The predicted octanol–water partition coefficient (Wildman–Crippen LogP) is 9.15. The van der Waals surface area contributed by atoms with E-state index in [0.717, 1.165) is 40.8 Å². The summed E-state index contributed by atoms with van der Waals surface area (Å²) >= 11 is 3.15. The molecular weight excluding hydrogens is 649 g/mol. The molecule has 0 radical (unpaired) electrons. The quantitative estimate of drug-likeness (QED) is 0.207.